The quantitative estimate of drug-likeness (QED) is 0.286. The minimum Gasteiger partial charge on any atom is -0.465 e. The number of ether oxygens (including phenoxy) is 3. The summed E-state index contributed by atoms with van der Waals surface area (Å²) in [6.45, 7) is 5.11. The second kappa shape index (κ2) is 9.85. The van der Waals surface area contributed by atoms with E-state index >= 15 is 0 Å². The number of carbonyl (C=O) groups is 1. The smallest absolute Gasteiger partial charge is 0.366 e. The summed E-state index contributed by atoms with van der Waals surface area (Å²) in [6.07, 6.45) is 2.84. The molecule has 3 rings (SSSR count). The summed E-state index contributed by atoms with van der Waals surface area (Å²) >= 11 is 0. The zero-order valence-electron chi connectivity index (χ0n) is 17.3. The summed E-state index contributed by atoms with van der Waals surface area (Å²) in [5.41, 5.74) is 1.93. The van der Waals surface area contributed by atoms with E-state index in [0.717, 1.165) is 30.5 Å². The largest absolute Gasteiger partial charge is 0.465 e. The van der Waals surface area contributed by atoms with E-state index in [1.54, 1.807) is 6.92 Å². The minimum atomic E-state index is -1.27. The molecular weight excluding hydrogens is 370 g/mol. The van der Waals surface area contributed by atoms with E-state index < -0.39 is 11.8 Å². The van der Waals surface area contributed by atoms with E-state index in [0.29, 0.717) is 19.8 Å². The molecule has 6 nitrogen and oxygen atoms in total. The Kier molecular flexibility index (Phi) is 7.23. The van der Waals surface area contributed by atoms with Gasteiger partial charge in [-0.15, -0.1) is 0 Å². The molecule has 0 bridgehead atoms. The summed E-state index contributed by atoms with van der Waals surface area (Å²) in [4.78, 5) is 17.1. The van der Waals surface area contributed by atoms with Crippen molar-refractivity contribution in [3.63, 3.8) is 0 Å². The van der Waals surface area contributed by atoms with Crippen LogP contribution in [-0.4, -0.2) is 44.4 Å². The highest BCUT2D eigenvalue weighted by atomic mass is 16.7. The zero-order valence-corrected chi connectivity index (χ0v) is 17.3. The molecule has 0 aliphatic carbocycles. The van der Waals surface area contributed by atoms with Crippen molar-refractivity contribution < 1.29 is 23.8 Å². The van der Waals surface area contributed by atoms with Crippen LogP contribution in [0.5, 0.6) is 0 Å². The fourth-order valence-electron chi connectivity index (χ4n) is 3.32. The van der Waals surface area contributed by atoms with Crippen LogP contribution in [0.4, 0.5) is 0 Å². The molecule has 2 aromatic rings. The first-order valence-corrected chi connectivity index (χ1v) is 10.0. The lowest BCUT2D eigenvalue weighted by Gasteiger charge is -2.35. The van der Waals surface area contributed by atoms with Gasteiger partial charge in [0.1, 0.15) is 6.61 Å². The summed E-state index contributed by atoms with van der Waals surface area (Å²) in [5, 5.41) is 6.66. The van der Waals surface area contributed by atoms with Crippen molar-refractivity contribution in [2.24, 2.45) is 11.1 Å². The van der Waals surface area contributed by atoms with E-state index in [4.69, 9.17) is 19.0 Å². The average Bonchev–Trinajstić information content (AvgIpc) is 2.76. The van der Waals surface area contributed by atoms with Gasteiger partial charge in [0.15, 0.2) is 0 Å². The van der Waals surface area contributed by atoms with E-state index in [9.17, 15) is 4.79 Å². The third-order valence-corrected chi connectivity index (χ3v) is 5.21. The number of rotatable bonds is 8. The van der Waals surface area contributed by atoms with Gasteiger partial charge in [-0.3, -0.25) is 0 Å². The van der Waals surface area contributed by atoms with Crippen LogP contribution in [0.1, 0.15) is 38.7 Å². The predicted octanol–water partition coefficient (Wildman–Crippen LogP) is 4.30. The lowest BCUT2D eigenvalue weighted by atomic mass is 10.0. The van der Waals surface area contributed by atoms with Crippen molar-refractivity contribution in [2.45, 2.75) is 38.9 Å². The van der Waals surface area contributed by atoms with Crippen LogP contribution in [0.3, 0.4) is 0 Å². The normalized spacial score (nSPS) is 22.4. The number of hydrogen-bond donors (Lipinski definition) is 0. The van der Waals surface area contributed by atoms with Crippen LogP contribution in [0.2, 0.25) is 0 Å². The fraction of sp³-hybridized carbons (Fsp3) is 0.478. The minimum absolute atomic E-state index is 0.274. The Bertz CT molecular complexity index is 855. The summed E-state index contributed by atoms with van der Waals surface area (Å²) in [5.74, 6) is -1.50. The molecule has 1 fully saturated rings. The average molecular weight is 399 g/mol. The molecule has 0 radical (unpaired) electrons. The maximum Gasteiger partial charge on any atom is 0.366 e. The Hall–Kier alpha value is -2.44. The summed E-state index contributed by atoms with van der Waals surface area (Å²) in [7, 11) is 1.33. The molecule has 1 heterocycles. The first-order valence-electron chi connectivity index (χ1n) is 10.0. The number of unbranched alkanes of at least 4 members (excludes halogenated alkanes) is 1. The first-order chi connectivity index (χ1) is 14.0. The van der Waals surface area contributed by atoms with Gasteiger partial charge in [-0.1, -0.05) is 41.6 Å². The Morgan fingerprint density at radius 2 is 1.86 bits per heavy atom. The molecule has 0 spiro atoms. The molecule has 1 saturated heterocycles. The van der Waals surface area contributed by atoms with Crippen molar-refractivity contribution in [3.8, 4) is 0 Å². The number of esters is 1. The molecule has 0 saturated carbocycles. The summed E-state index contributed by atoms with van der Waals surface area (Å²) < 4.78 is 15.8. The van der Waals surface area contributed by atoms with Gasteiger partial charge in [-0.25, -0.2) is 4.79 Å². The van der Waals surface area contributed by atoms with Crippen molar-refractivity contribution in [2.75, 3.05) is 26.9 Å². The molecule has 1 aliphatic heterocycles. The Morgan fingerprint density at radius 1 is 1.14 bits per heavy atom. The van der Waals surface area contributed by atoms with Crippen molar-refractivity contribution >= 4 is 22.5 Å². The molecule has 0 amide bonds. The number of hydrogen-bond acceptors (Lipinski definition) is 6. The van der Waals surface area contributed by atoms with Crippen molar-refractivity contribution in [1.82, 2.24) is 0 Å². The highest BCUT2D eigenvalue weighted by molar-refractivity contribution is 6.01. The van der Waals surface area contributed by atoms with Crippen LogP contribution in [0, 0.1) is 5.92 Å². The zero-order chi connectivity index (χ0) is 20.7. The van der Waals surface area contributed by atoms with Gasteiger partial charge in [0, 0.05) is 12.8 Å². The number of methoxy groups -OCH3 is 1. The Morgan fingerprint density at radius 3 is 2.59 bits per heavy atom. The molecule has 156 valence electrons. The molecule has 6 heteroatoms. The van der Waals surface area contributed by atoms with Gasteiger partial charge in [0.05, 0.1) is 26.0 Å². The van der Waals surface area contributed by atoms with Gasteiger partial charge in [-0.05, 0) is 48.6 Å². The van der Waals surface area contributed by atoms with Crippen LogP contribution in [-0.2, 0) is 23.8 Å². The van der Waals surface area contributed by atoms with Crippen molar-refractivity contribution in [3.05, 3.63) is 48.0 Å². The third kappa shape index (κ3) is 5.55. The van der Waals surface area contributed by atoms with Gasteiger partial charge in [0.2, 0.25) is 0 Å². The molecular formula is C23H29NO5. The van der Waals surface area contributed by atoms with Crippen LogP contribution >= 0.6 is 0 Å². The highest BCUT2D eigenvalue weighted by Crippen LogP contribution is 2.25. The molecule has 2 aromatic carbocycles. The SMILES string of the molecule is COC(=O)C1(C)OCC(CCCCO/N=C(/C)c2ccc3ccccc3c2)CO1. The first kappa shape index (κ1) is 21.3. The van der Waals surface area contributed by atoms with E-state index in [1.165, 1.54) is 17.9 Å². The molecule has 0 unspecified atom stereocenters. The Labute approximate surface area is 171 Å². The lowest BCUT2D eigenvalue weighted by molar-refractivity contribution is -0.272. The summed E-state index contributed by atoms with van der Waals surface area (Å²) in [6, 6.07) is 14.6. The van der Waals surface area contributed by atoms with Gasteiger partial charge < -0.3 is 19.0 Å². The highest BCUT2D eigenvalue weighted by Gasteiger charge is 2.41. The van der Waals surface area contributed by atoms with E-state index in [-0.39, 0.29) is 5.92 Å². The second-order valence-electron chi connectivity index (χ2n) is 7.49. The molecule has 0 N–H and O–H groups in total. The van der Waals surface area contributed by atoms with Crippen LogP contribution < -0.4 is 0 Å². The van der Waals surface area contributed by atoms with E-state index in [2.05, 4.69) is 35.5 Å². The monoisotopic (exact) mass is 399 g/mol. The predicted molar refractivity (Wildman–Crippen MR) is 112 cm³/mol. The van der Waals surface area contributed by atoms with Crippen LogP contribution in [0.15, 0.2) is 47.6 Å². The fourth-order valence-corrected chi connectivity index (χ4v) is 3.32. The Balaban J connectivity index is 1.36. The van der Waals surface area contributed by atoms with E-state index in [1.807, 2.05) is 19.1 Å². The second-order valence-corrected chi connectivity index (χ2v) is 7.49. The van der Waals surface area contributed by atoms with Gasteiger partial charge >= 0.3 is 5.97 Å². The molecule has 0 atom stereocenters. The van der Waals surface area contributed by atoms with Crippen LogP contribution in [0.25, 0.3) is 10.8 Å². The number of nitrogens with zero attached hydrogens (tertiary/aromatic N) is 1. The van der Waals surface area contributed by atoms with Gasteiger partial charge in [-0.2, -0.15) is 0 Å². The third-order valence-electron chi connectivity index (χ3n) is 5.21. The lowest BCUT2D eigenvalue weighted by Crippen LogP contribution is -2.48. The topological polar surface area (TPSA) is 66.4 Å². The molecule has 29 heavy (non-hydrogen) atoms. The standard InChI is InChI=1S/C23H29NO5/c1-17(20-12-11-19-9-4-5-10-21(19)14-20)24-29-13-7-6-8-18-15-27-23(2,28-16-18)22(25)26-3/h4-5,9-12,14,18H,6-8,13,15-16H2,1-3H3/b24-17-. The maximum absolute atomic E-state index is 11.6. The molecule has 1 aliphatic rings. The number of carbonyl (C=O) groups excluding carboxylic acids is 1. The van der Waals surface area contributed by atoms with Crippen molar-refractivity contribution in [1.29, 1.82) is 0 Å². The number of fused-ring (bicyclic) bond motifs is 1. The van der Waals surface area contributed by atoms with Gasteiger partial charge in [0.25, 0.3) is 5.79 Å². The number of benzene rings is 2. The molecule has 0 aromatic heterocycles. The maximum atomic E-state index is 11.6. The number of oxime groups is 1.